The van der Waals surface area contributed by atoms with Crippen molar-refractivity contribution < 1.29 is 29.0 Å². The van der Waals surface area contributed by atoms with Crippen LogP contribution in [0.5, 0.6) is 5.75 Å². The molecule has 0 radical (unpaired) electrons. The minimum atomic E-state index is -1.32. The zero-order chi connectivity index (χ0) is 28.5. The number of carboxylic acids is 1. The molecule has 1 unspecified atom stereocenters. The summed E-state index contributed by atoms with van der Waals surface area (Å²) in [5.41, 5.74) is 4.02. The first-order chi connectivity index (χ1) is 18.6. The van der Waals surface area contributed by atoms with E-state index in [1.165, 1.54) is 16.4 Å². The summed E-state index contributed by atoms with van der Waals surface area (Å²) in [6.45, 7) is 3.68. The first kappa shape index (κ1) is 29.4. The molecule has 3 rings (SSSR count). The zero-order valence-corrected chi connectivity index (χ0v) is 23.3. The number of benzene rings is 2. The molecular weight excluding hydrogens is 524 g/mol. The van der Waals surface area contributed by atoms with Crippen molar-refractivity contribution in [3.63, 3.8) is 0 Å². The number of carboxylic acid groups (broad SMARTS) is 1. The van der Waals surface area contributed by atoms with E-state index in [1.807, 2.05) is 57.1 Å². The molecule has 2 N–H and O–H groups in total. The van der Waals surface area contributed by atoms with Crippen LogP contribution in [0.4, 0.5) is 10.5 Å². The normalized spacial score (nSPS) is 11.5. The van der Waals surface area contributed by atoms with Crippen molar-refractivity contribution in [3.05, 3.63) is 53.1 Å². The van der Waals surface area contributed by atoms with Crippen molar-refractivity contribution in [2.75, 3.05) is 32.7 Å². The van der Waals surface area contributed by atoms with Crippen LogP contribution < -0.4 is 15.0 Å². The standard InChI is InChI=1S/C26H32N6O6S/c1-16-12-19(31(3)4)13-17(2)24(16)39-25-28-29-30-32(25)15-22(33)21(14-23(34)35)27-26(36)38-11-10-18-6-8-20(37-5)9-7-18/h6-9,12-13,21H,10-11,14-15H2,1-5H3,(H,27,36)(H,34,35). The molecular formula is C26H32N6O6S. The Bertz CT molecular complexity index is 1290. The van der Waals surface area contributed by atoms with Crippen molar-refractivity contribution in [1.29, 1.82) is 0 Å². The maximum atomic E-state index is 13.0. The SMILES string of the molecule is COc1ccc(CCOC(=O)NC(CC(=O)O)C(=O)Cn2nnnc2Sc2c(C)cc(N(C)C)cc2C)cc1. The molecule has 39 heavy (non-hydrogen) atoms. The number of aromatic nitrogens is 4. The Kier molecular flexibility index (Phi) is 10.3. The van der Waals surface area contributed by atoms with Gasteiger partial charge in [0.2, 0.25) is 5.16 Å². The van der Waals surface area contributed by atoms with Crippen LogP contribution in [0.15, 0.2) is 46.5 Å². The van der Waals surface area contributed by atoms with E-state index < -0.39 is 30.3 Å². The quantitative estimate of drug-likeness (QED) is 0.320. The highest BCUT2D eigenvalue weighted by molar-refractivity contribution is 7.99. The smallest absolute Gasteiger partial charge is 0.407 e. The third-order valence-electron chi connectivity index (χ3n) is 5.80. The summed E-state index contributed by atoms with van der Waals surface area (Å²) in [4.78, 5) is 39.7. The van der Waals surface area contributed by atoms with Gasteiger partial charge in [0.05, 0.1) is 20.1 Å². The molecule has 208 valence electrons. The molecule has 0 aliphatic rings. The van der Waals surface area contributed by atoms with E-state index >= 15 is 0 Å². The van der Waals surface area contributed by atoms with Gasteiger partial charge in [-0.05, 0) is 77.0 Å². The number of hydrogen-bond acceptors (Lipinski definition) is 10. The molecule has 0 spiro atoms. The number of amides is 1. The number of methoxy groups -OCH3 is 1. The second-order valence-electron chi connectivity index (χ2n) is 9.02. The van der Waals surface area contributed by atoms with Gasteiger partial charge in [-0.1, -0.05) is 12.1 Å². The Morgan fingerprint density at radius 3 is 2.38 bits per heavy atom. The molecule has 0 aliphatic carbocycles. The number of Topliss-reactive ketones (excluding diaryl/α,β-unsaturated/α-hetero) is 1. The Morgan fingerprint density at radius 2 is 1.79 bits per heavy atom. The lowest BCUT2D eigenvalue weighted by Gasteiger charge is -2.18. The maximum absolute atomic E-state index is 13.0. The third-order valence-corrected chi connectivity index (χ3v) is 7.12. The van der Waals surface area contributed by atoms with E-state index in [9.17, 15) is 19.5 Å². The van der Waals surface area contributed by atoms with Gasteiger partial charge in [0, 0.05) is 31.1 Å². The minimum absolute atomic E-state index is 0.0469. The lowest BCUT2D eigenvalue weighted by molar-refractivity contribution is -0.139. The van der Waals surface area contributed by atoms with E-state index in [4.69, 9.17) is 9.47 Å². The molecule has 1 amide bonds. The molecule has 3 aromatic rings. The summed E-state index contributed by atoms with van der Waals surface area (Å²) >= 11 is 1.31. The van der Waals surface area contributed by atoms with Crippen molar-refractivity contribution in [1.82, 2.24) is 25.5 Å². The van der Waals surface area contributed by atoms with Gasteiger partial charge in [-0.2, -0.15) is 0 Å². The van der Waals surface area contributed by atoms with Crippen LogP contribution in [0, 0.1) is 13.8 Å². The van der Waals surface area contributed by atoms with Gasteiger partial charge >= 0.3 is 12.1 Å². The van der Waals surface area contributed by atoms with Gasteiger partial charge in [0.1, 0.15) is 18.3 Å². The van der Waals surface area contributed by atoms with Gasteiger partial charge in [-0.15, -0.1) is 5.10 Å². The molecule has 1 aromatic heterocycles. The van der Waals surface area contributed by atoms with E-state index in [1.54, 1.807) is 19.2 Å². The molecule has 2 aromatic carbocycles. The largest absolute Gasteiger partial charge is 0.497 e. The number of carbonyl (C=O) groups is 3. The van der Waals surface area contributed by atoms with Crippen molar-refractivity contribution in [2.24, 2.45) is 0 Å². The summed E-state index contributed by atoms with van der Waals surface area (Å²) in [7, 11) is 5.50. The Morgan fingerprint density at radius 1 is 1.13 bits per heavy atom. The monoisotopic (exact) mass is 556 g/mol. The highest BCUT2D eigenvalue weighted by Crippen LogP contribution is 2.34. The first-order valence-electron chi connectivity index (χ1n) is 12.1. The highest BCUT2D eigenvalue weighted by Gasteiger charge is 2.26. The van der Waals surface area contributed by atoms with Crippen LogP contribution in [0.1, 0.15) is 23.1 Å². The van der Waals surface area contributed by atoms with Crippen LogP contribution >= 0.6 is 11.8 Å². The Labute approximate surface area is 230 Å². The average Bonchev–Trinajstić information content (AvgIpc) is 3.32. The predicted octanol–water partition coefficient (Wildman–Crippen LogP) is 2.90. The lowest BCUT2D eigenvalue weighted by atomic mass is 10.1. The molecule has 0 fully saturated rings. The van der Waals surface area contributed by atoms with E-state index in [-0.39, 0.29) is 13.2 Å². The zero-order valence-electron chi connectivity index (χ0n) is 22.5. The highest BCUT2D eigenvalue weighted by atomic mass is 32.2. The lowest BCUT2D eigenvalue weighted by Crippen LogP contribution is -2.44. The summed E-state index contributed by atoms with van der Waals surface area (Å²) in [5.74, 6) is -1.11. The molecule has 0 saturated heterocycles. The Hall–Kier alpha value is -4.13. The van der Waals surface area contributed by atoms with Gasteiger partial charge in [0.25, 0.3) is 0 Å². The summed E-state index contributed by atoms with van der Waals surface area (Å²) in [6.07, 6.45) is -1.06. The molecule has 1 heterocycles. The predicted molar refractivity (Wildman–Crippen MR) is 144 cm³/mol. The number of nitrogens with zero attached hydrogens (tertiary/aromatic N) is 5. The molecule has 0 bridgehead atoms. The average molecular weight is 557 g/mol. The number of carbonyl (C=O) groups excluding carboxylic acids is 2. The van der Waals surface area contributed by atoms with Crippen LogP contribution in [-0.4, -0.2) is 77.0 Å². The van der Waals surface area contributed by atoms with Crippen LogP contribution in [0.25, 0.3) is 0 Å². The third kappa shape index (κ3) is 8.43. The molecule has 1 atom stereocenters. The minimum Gasteiger partial charge on any atom is -0.497 e. The number of nitrogens with one attached hydrogen (secondary N) is 1. The summed E-state index contributed by atoms with van der Waals surface area (Å²) in [6, 6.07) is 10.1. The number of aryl methyl sites for hydroxylation is 2. The van der Waals surface area contributed by atoms with E-state index in [0.717, 1.165) is 27.3 Å². The number of ketones is 1. The number of ether oxygens (including phenoxy) is 2. The van der Waals surface area contributed by atoms with Crippen molar-refractivity contribution >= 4 is 35.3 Å². The number of rotatable bonds is 13. The molecule has 0 aliphatic heterocycles. The molecule has 13 heteroatoms. The van der Waals surface area contributed by atoms with E-state index in [2.05, 4.69) is 20.8 Å². The number of aliphatic carboxylic acids is 1. The fourth-order valence-electron chi connectivity index (χ4n) is 3.72. The number of hydrogen-bond donors (Lipinski definition) is 2. The number of tetrazole rings is 1. The fourth-order valence-corrected chi connectivity index (χ4v) is 4.63. The van der Waals surface area contributed by atoms with Crippen LogP contribution in [0.3, 0.4) is 0 Å². The second-order valence-corrected chi connectivity index (χ2v) is 10.00. The molecule has 12 nitrogen and oxygen atoms in total. The first-order valence-corrected chi connectivity index (χ1v) is 12.9. The van der Waals surface area contributed by atoms with E-state index in [0.29, 0.717) is 17.3 Å². The molecule has 0 saturated carbocycles. The summed E-state index contributed by atoms with van der Waals surface area (Å²) in [5, 5.41) is 23.6. The number of anilines is 1. The Balaban J connectivity index is 1.62. The van der Waals surface area contributed by atoms with Crippen molar-refractivity contribution in [3.8, 4) is 5.75 Å². The van der Waals surface area contributed by atoms with Gasteiger partial charge in [-0.3, -0.25) is 9.59 Å². The van der Waals surface area contributed by atoms with Gasteiger partial charge < -0.3 is 24.8 Å². The summed E-state index contributed by atoms with van der Waals surface area (Å²) < 4.78 is 11.6. The number of alkyl carbamates (subject to hydrolysis) is 1. The second kappa shape index (κ2) is 13.6. The fraction of sp³-hybridized carbons (Fsp3) is 0.385. The van der Waals surface area contributed by atoms with Gasteiger partial charge in [-0.25, -0.2) is 9.48 Å². The van der Waals surface area contributed by atoms with Gasteiger partial charge in [0.15, 0.2) is 5.78 Å². The van der Waals surface area contributed by atoms with Crippen LogP contribution in [0.2, 0.25) is 0 Å². The maximum Gasteiger partial charge on any atom is 0.407 e. The van der Waals surface area contributed by atoms with Crippen LogP contribution in [-0.2, 0) is 27.3 Å². The topological polar surface area (TPSA) is 149 Å². The van der Waals surface area contributed by atoms with Crippen molar-refractivity contribution in [2.45, 2.75) is 49.3 Å².